The summed E-state index contributed by atoms with van der Waals surface area (Å²) in [7, 11) is 1.84. The molecule has 1 aromatic heterocycles. The van der Waals surface area contributed by atoms with E-state index in [0.717, 1.165) is 30.5 Å². The lowest BCUT2D eigenvalue weighted by Crippen LogP contribution is -2.70. The van der Waals surface area contributed by atoms with Gasteiger partial charge in [-0.25, -0.2) is 4.98 Å². The number of guanidine groups is 1. The van der Waals surface area contributed by atoms with Crippen LogP contribution in [0.1, 0.15) is 62.0 Å². The van der Waals surface area contributed by atoms with Gasteiger partial charge in [-0.15, -0.1) is 35.3 Å². The Hall–Kier alpha value is -0.410. The molecule has 0 amide bonds. The van der Waals surface area contributed by atoms with Crippen molar-refractivity contribution in [1.29, 1.82) is 0 Å². The van der Waals surface area contributed by atoms with Crippen molar-refractivity contribution in [3.8, 4) is 0 Å². The lowest BCUT2D eigenvalue weighted by Gasteiger charge is -2.60. The van der Waals surface area contributed by atoms with Gasteiger partial charge in [-0.2, -0.15) is 0 Å². The molecule has 1 aliphatic heterocycles. The molecule has 26 heavy (non-hydrogen) atoms. The van der Waals surface area contributed by atoms with Crippen molar-refractivity contribution in [2.75, 3.05) is 13.7 Å². The average Bonchev–Trinajstić information content (AvgIpc) is 2.96. The Kier molecular flexibility index (Phi) is 7.35. The van der Waals surface area contributed by atoms with Gasteiger partial charge in [0.2, 0.25) is 0 Å². The van der Waals surface area contributed by atoms with Crippen LogP contribution in [0.3, 0.4) is 0 Å². The molecule has 3 rings (SSSR count). The van der Waals surface area contributed by atoms with Gasteiger partial charge in [0.05, 0.1) is 18.3 Å². The monoisotopic (exact) mass is 492 g/mol. The van der Waals surface area contributed by atoms with Crippen LogP contribution in [-0.4, -0.2) is 36.7 Å². The summed E-state index contributed by atoms with van der Waals surface area (Å²) in [6.07, 6.45) is 2.79. The zero-order chi connectivity index (χ0) is 18.2. The predicted molar refractivity (Wildman–Crippen MR) is 120 cm³/mol. The molecule has 0 radical (unpaired) electrons. The van der Waals surface area contributed by atoms with Crippen molar-refractivity contribution in [2.45, 2.75) is 72.1 Å². The second kappa shape index (κ2) is 8.73. The van der Waals surface area contributed by atoms with Crippen molar-refractivity contribution in [3.05, 3.63) is 15.6 Å². The van der Waals surface area contributed by atoms with Crippen molar-refractivity contribution in [2.24, 2.45) is 16.3 Å². The van der Waals surface area contributed by atoms with Crippen LogP contribution < -0.4 is 10.6 Å². The highest BCUT2D eigenvalue weighted by Gasteiger charge is 2.58. The summed E-state index contributed by atoms with van der Waals surface area (Å²) in [4.78, 5) is 10.5. The summed E-state index contributed by atoms with van der Waals surface area (Å²) >= 11 is 1.78. The smallest absolute Gasteiger partial charge is 0.191 e. The summed E-state index contributed by atoms with van der Waals surface area (Å²) in [6.45, 7) is 12.8. The van der Waals surface area contributed by atoms with Gasteiger partial charge in [-0.3, -0.25) is 4.99 Å². The first-order chi connectivity index (χ1) is 11.8. The van der Waals surface area contributed by atoms with E-state index in [-0.39, 0.29) is 29.4 Å². The molecule has 2 aliphatic rings. The average molecular weight is 492 g/mol. The number of fused-ring (bicyclic) bond motifs is 1. The van der Waals surface area contributed by atoms with Gasteiger partial charge in [-0.05, 0) is 25.7 Å². The van der Waals surface area contributed by atoms with E-state index in [0.29, 0.717) is 24.0 Å². The highest BCUT2D eigenvalue weighted by molar-refractivity contribution is 14.0. The van der Waals surface area contributed by atoms with Gasteiger partial charge in [0.25, 0.3) is 0 Å². The van der Waals surface area contributed by atoms with Gasteiger partial charge in [0.1, 0.15) is 5.01 Å². The minimum absolute atomic E-state index is 0. The van der Waals surface area contributed by atoms with E-state index in [4.69, 9.17) is 9.72 Å². The molecule has 1 saturated heterocycles. The SMILES string of the molecule is CN=C(NCc1nc(C(C)C)c(C)s1)NC1C2CCCOC2C1(C)C.I. The maximum Gasteiger partial charge on any atom is 0.191 e. The molecular weight excluding hydrogens is 459 g/mol. The van der Waals surface area contributed by atoms with Gasteiger partial charge in [-0.1, -0.05) is 27.7 Å². The Bertz CT molecular complexity index is 643. The maximum absolute atomic E-state index is 6.00. The zero-order valence-corrected chi connectivity index (χ0v) is 19.9. The Morgan fingerprint density at radius 1 is 1.42 bits per heavy atom. The van der Waals surface area contributed by atoms with E-state index in [9.17, 15) is 0 Å². The van der Waals surface area contributed by atoms with E-state index in [1.165, 1.54) is 17.0 Å². The number of hydrogen-bond donors (Lipinski definition) is 2. The third-order valence-electron chi connectivity index (χ3n) is 5.68. The normalized spacial score (nSPS) is 27.3. The van der Waals surface area contributed by atoms with Crippen LogP contribution in [0.2, 0.25) is 0 Å². The molecule has 1 aliphatic carbocycles. The van der Waals surface area contributed by atoms with Crippen LogP contribution in [-0.2, 0) is 11.3 Å². The summed E-state index contributed by atoms with van der Waals surface area (Å²) in [5.41, 5.74) is 1.36. The van der Waals surface area contributed by atoms with Crippen LogP contribution >= 0.6 is 35.3 Å². The molecule has 1 saturated carbocycles. The Balaban J connectivity index is 0.00000243. The molecule has 3 unspecified atom stereocenters. The van der Waals surface area contributed by atoms with Gasteiger partial charge in [0, 0.05) is 35.9 Å². The number of thiazole rings is 1. The molecule has 5 nitrogen and oxygen atoms in total. The highest BCUT2D eigenvalue weighted by atomic mass is 127. The first kappa shape index (κ1) is 21.9. The fourth-order valence-corrected chi connectivity index (χ4v) is 5.42. The predicted octanol–water partition coefficient (Wildman–Crippen LogP) is 4.06. The summed E-state index contributed by atoms with van der Waals surface area (Å²) in [5.74, 6) is 1.93. The molecule has 0 bridgehead atoms. The first-order valence-corrected chi connectivity index (χ1v) is 10.2. The van der Waals surface area contributed by atoms with Gasteiger partial charge >= 0.3 is 0 Å². The molecule has 2 N–H and O–H groups in total. The number of halogens is 1. The van der Waals surface area contributed by atoms with E-state index in [1.807, 2.05) is 7.05 Å². The minimum atomic E-state index is 0. The molecule has 0 spiro atoms. The van der Waals surface area contributed by atoms with Crippen LogP contribution in [0, 0.1) is 18.3 Å². The summed E-state index contributed by atoms with van der Waals surface area (Å²) in [5, 5.41) is 8.21. The Labute approximate surface area is 178 Å². The first-order valence-electron chi connectivity index (χ1n) is 9.39. The zero-order valence-electron chi connectivity index (χ0n) is 16.8. The fraction of sp³-hybridized carbons (Fsp3) is 0.789. The quantitative estimate of drug-likeness (QED) is 0.378. The number of nitrogens with zero attached hydrogens (tertiary/aromatic N) is 2. The van der Waals surface area contributed by atoms with E-state index < -0.39 is 0 Å². The number of rotatable bonds is 4. The van der Waals surface area contributed by atoms with Crippen molar-refractivity contribution in [1.82, 2.24) is 15.6 Å². The minimum Gasteiger partial charge on any atom is -0.377 e. The van der Waals surface area contributed by atoms with Crippen LogP contribution in [0.5, 0.6) is 0 Å². The molecule has 148 valence electrons. The number of aryl methyl sites for hydroxylation is 1. The second-order valence-corrected chi connectivity index (χ2v) is 9.46. The van der Waals surface area contributed by atoms with Gasteiger partial charge in [0.15, 0.2) is 5.96 Å². The maximum atomic E-state index is 6.00. The number of ether oxygens (including phenoxy) is 1. The Morgan fingerprint density at radius 3 is 2.77 bits per heavy atom. The molecular formula is C19H33IN4OS. The highest BCUT2D eigenvalue weighted by Crippen LogP contribution is 2.51. The van der Waals surface area contributed by atoms with Gasteiger partial charge < -0.3 is 15.4 Å². The molecule has 1 aromatic rings. The van der Waals surface area contributed by atoms with Crippen molar-refractivity contribution < 1.29 is 4.74 Å². The lowest BCUT2D eigenvalue weighted by molar-refractivity contribution is -0.188. The van der Waals surface area contributed by atoms with Crippen LogP contribution in [0.25, 0.3) is 0 Å². The lowest BCUT2D eigenvalue weighted by atomic mass is 9.55. The fourth-order valence-electron chi connectivity index (χ4n) is 4.39. The van der Waals surface area contributed by atoms with E-state index in [1.54, 1.807) is 11.3 Å². The number of hydrogen-bond acceptors (Lipinski definition) is 4. The number of nitrogens with one attached hydrogen (secondary N) is 2. The molecule has 2 heterocycles. The summed E-state index contributed by atoms with van der Waals surface area (Å²) < 4.78 is 6.00. The van der Waals surface area contributed by atoms with E-state index >= 15 is 0 Å². The Morgan fingerprint density at radius 2 is 2.15 bits per heavy atom. The third-order valence-corrected chi connectivity index (χ3v) is 6.66. The number of aliphatic imine (C=N–C) groups is 1. The van der Waals surface area contributed by atoms with E-state index in [2.05, 4.69) is 50.2 Å². The van der Waals surface area contributed by atoms with Crippen LogP contribution in [0.4, 0.5) is 0 Å². The molecule has 2 fully saturated rings. The number of aromatic nitrogens is 1. The van der Waals surface area contributed by atoms with Crippen molar-refractivity contribution in [3.63, 3.8) is 0 Å². The molecule has 3 atom stereocenters. The summed E-state index contributed by atoms with van der Waals surface area (Å²) in [6, 6.07) is 0.410. The second-order valence-electron chi connectivity index (χ2n) is 8.17. The van der Waals surface area contributed by atoms with Crippen molar-refractivity contribution >= 4 is 41.3 Å². The third kappa shape index (κ3) is 4.19. The standard InChI is InChI=1S/C19H32N4OS.HI/c1-11(2)15-12(3)25-14(22-15)10-21-18(20-6)23-16-13-8-7-9-24-17(13)19(16,4)5;/h11,13,16-17H,7-10H2,1-6H3,(H2,20,21,23);1H. The molecule has 7 heteroatoms. The largest absolute Gasteiger partial charge is 0.377 e. The molecule has 0 aromatic carbocycles. The topological polar surface area (TPSA) is 58.5 Å². The van der Waals surface area contributed by atoms with Crippen LogP contribution in [0.15, 0.2) is 4.99 Å².